The van der Waals surface area contributed by atoms with Gasteiger partial charge in [-0.1, -0.05) is 56.0 Å². The molecule has 1 aromatic carbocycles. The molecule has 5 rings (SSSR count). The van der Waals surface area contributed by atoms with Gasteiger partial charge in [-0.15, -0.1) is 0 Å². The van der Waals surface area contributed by atoms with Crippen LogP contribution in [0.2, 0.25) is 0 Å². The Labute approximate surface area is 183 Å². The molecule has 0 aromatic heterocycles. The Morgan fingerprint density at radius 2 is 1.77 bits per heavy atom. The van der Waals surface area contributed by atoms with Gasteiger partial charge in [0, 0.05) is 31.3 Å². The van der Waals surface area contributed by atoms with E-state index in [0.29, 0.717) is 31.6 Å². The van der Waals surface area contributed by atoms with Crippen LogP contribution in [0.3, 0.4) is 0 Å². The highest BCUT2D eigenvalue weighted by Gasteiger charge is 2.64. The van der Waals surface area contributed by atoms with Gasteiger partial charge in [-0.05, 0) is 17.9 Å². The molecule has 0 spiro atoms. The third kappa shape index (κ3) is 4.43. The number of Topliss-reactive ketones (excluding diaryl/α,β-unsaturated/α-hetero) is 1. The number of hydrogen-bond acceptors (Lipinski definition) is 6. The van der Waals surface area contributed by atoms with E-state index in [1.165, 1.54) is 25.7 Å². The van der Waals surface area contributed by atoms with E-state index >= 15 is 0 Å². The number of benzene rings is 1. The summed E-state index contributed by atoms with van der Waals surface area (Å²) in [7, 11) is 0. The maximum Gasteiger partial charge on any atom is 0.316 e. The zero-order valence-electron chi connectivity index (χ0n) is 18.0. The van der Waals surface area contributed by atoms with Crippen molar-refractivity contribution in [3.05, 3.63) is 35.9 Å². The number of esters is 1. The number of epoxide rings is 1. The fraction of sp³-hybridized carbons (Fsp3) is 0.680. The van der Waals surface area contributed by atoms with Gasteiger partial charge in [-0.25, -0.2) is 0 Å². The Balaban J connectivity index is 1.15. The molecule has 1 aliphatic carbocycles. The van der Waals surface area contributed by atoms with Gasteiger partial charge >= 0.3 is 5.97 Å². The summed E-state index contributed by atoms with van der Waals surface area (Å²) in [4.78, 5) is 27.7. The van der Waals surface area contributed by atoms with Crippen molar-refractivity contribution in [3.8, 4) is 0 Å². The topological polar surface area (TPSA) is 79.4 Å². The molecule has 6 nitrogen and oxygen atoms in total. The molecule has 4 fully saturated rings. The molecule has 3 heterocycles. The Morgan fingerprint density at radius 1 is 1.10 bits per heavy atom. The van der Waals surface area contributed by atoms with E-state index in [4.69, 9.17) is 9.47 Å². The number of rotatable bonds is 9. The lowest BCUT2D eigenvalue weighted by atomic mass is 9.95. The van der Waals surface area contributed by atoms with Gasteiger partial charge in [0.25, 0.3) is 0 Å². The fourth-order valence-corrected chi connectivity index (χ4v) is 6.08. The number of fused-ring (bicyclic) bond motifs is 5. The zero-order valence-corrected chi connectivity index (χ0v) is 18.0. The number of aliphatic hydroxyl groups is 1. The van der Waals surface area contributed by atoms with Gasteiger partial charge in [0.1, 0.15) is 30.0 Å². The minimum Gasteiger partial charge on any atom is -0.462 e. The van der Waals surface area contributed by atoms with Crippen molar-refractivity contribution in [2.75, 3.05) is 13.2 Å². The predicted molar refractivity (Wildman–Crippen MR) is 115 cm³/mol. The average Bonchev–Trinajstić information content (AvgIpc) is 3.34. The van der Waals surface area contributed by atoms with E-state index in [-0.39, 0.29) is 43.0 Å². The summed E-state index contributed by atoms with van der Waals surface area (Å²) in [6, 6.07) is 9.60. The SMILES string of the molecule is O=C(CCC1CCCC1)CN1C2CC(OC(=O)C(CO)c3ccccc3)CC1C1OC12. The Morgan fingerprint density at radius 3 is 2.42 bits per heavy atom. The summed E-state index contributed by atoms with van der Waals surface area (Å²) in [5.41, 5.74) is 0.773. The Kier molecular flexibility index (Phi) is 6.13. The summed E-state index contributed by atoms with van der Waals surface area (Å²) in [5, 5.41) is 9.75. The minimum atomic E-state index is -0.653. The van der Waals surface area contributed by atoms with Crippen molar-refractivity contribution in [3.63, 3.8) is 0 Å². The van der Waals surface area contributed by atoms with Crippen molar-refractivity contribution in [1.29, 1.82) is 0 Å². The zero-order chi connectivity index (χ0) is 21.4. The predicted octanol–water partition coefficient (Wildman–Crippen LogP) is 2.83. The lowest BCUT2D eigenvalue weighted by Crippen LogP contribution is -2.52. The first-order valence-electron chi connectivity index (χ1n) is 11.9. The molecule has 1 aromatic rings. The molecule has 168 valence electrons. The number of aliphatic hydroxyl groups excluding tert-OH is 1. The molecule has 31 heavy (non-hydrogen) atoms. The average molecular weight is 428 g/mol. The third-order valence-corrected chi connectivity index (χ3v) is 7.80. The number of carbonyl (C=O) groups is 2. The van der Waals surface area contributed by atoms with Crippen molar-refractivity contribution >= 4 is 11.8 Å². The molecule has 5 atom stereocenters. The number of ketones is 1. The van der Waals surface area contributed by atoms with Crippen LogP contribution in [0.15, 0.2) is 30.3 Å². The summed E-state index contributed by atoms with van der Waals surface area (Å²) in [6.45, 7) is 0.237. The molecular formula is C25H33NO5. The van der Waals surface area contributed by atoms with Crippen molar-refractivity contribution in [2.45, 2.75) is 87.7 Å². The van der Waals surface area contributed by atoms with Crippen LogP contribution in [-0.2, 0) is 19.1 Å². The molecule has 0 amide bonds. The van der Waals surface area contributed by atoms with Gasteiger partial charge in [0.2, 0.25) is 0 Å². The maximum atomic E-state index is 12.8. The van der Waals surface area contributed by atoms with Crippen LogP contribution in [0, 0.1) is 5.92 Å². The standard InChI is InChI=1S/C25H33NO5/c27-15-20(17-8-2-1-3-9-17)25(29)30-19-12-21-23-24(31-23)22(13-19)26(21)14-18(28)11-10-16-6-4-5-7-16/h1-3,8-9,16,19-24,27H,4-7,10-15H2. The van der Waals surface area contributed by atoms with Gasteiger partial charge < -0.3 is 14.6 Å². The molecule has 0 radical (unpaired) electrons. The molecule has 5 unspecified atom stereocenters. The number of carbonyl (C=O) groups excluding carboxylic acids is 2. The highest BCUT2D eigenvalue weighted by Crippen LogP contribution is 2.49. The van der Waals surface area contributed by atoms with Crippen molar-refractivity contribution < 1.29 is 24.2 Å². The highest BCUT2D eigenvalue weighted by molar-refractivity contribution is 5.80. The summed E-state index contributed by atoms with van der Waals surface area (Å²) in [6.07, 6.45) is 8.50. The van der Waals surface area contributed by atoms with Crippen LogP contribution in [0.25, 0.3) is 0 Å². The summed E-state index contributed by atoms with van der Waals surface area (Å²) in [5.74, 6) is 0.0586. The molecule has 6 heteroatoms. The molecular weight excluding hydrogens is 394 g/mol. The molecule has 1 saturated carbocycles. The van der Waals surface area contributed by atoms with Crippen LogP contribution >= 0.6 is 0 Å². The van der Waals surface area contributed by atoms with E-state index < -0.39 is 5.92 Å². The second kappa shape index (κ2) is 9.00. The van der Waals surface area contributed by atoms with E-state index in [1.54, 1.807) is 0 Å². The first-order chi connectivity index (χ1) is 15.1. The lowest BCUT2D eigenvalue weighted by molar-refractivity contribution is -0.157. The number of piperidine rings is 1. The number of hydrogen-bond donors (Lipinski definition) is 1. The first kappa shape index (κ1) is 21.1. The van der Waals surface area contributed by atoms with Crippen LogP contribution in [0.5, 0.6) is 0 Å². The van der Waals surface area contributed by atoms with Crippen LogP contribution in [0.4, 0.5) is 0 Å². The quantitative estimate of drug-likeness (QED) is 0.482. The van der Waals surface area contributed by atoms with Crippen LogP contribution in [-0.4, -0.2) is 65.3 Å². The summed E-state index contributed by atoms with van der Waals surface area (Å²) >= 11 is 0. The smallest absolute Gasteiger partial charge is 0.316 e. The highest BCUT2D eigenvalue weighted by atomic mass is 16.6. The molecule has 4 aliphatic rings. The Hall–Kier alpha value is -1.76. The van der Waals surface area contributed by atoms with Gasteiger partial charge in [0.05, 0.1) is 13.2 Å². The third-order valence-electron chi connectivity index (χ3n) is 7.80. The molecule has 2 bridgehead atoms. The van der Waals surface area contributed by atoms with Gasteiger partial charge in [-0.3, -0.25) is 14.5 Å². The molecule has 3 saturated heterocycles. The van der Waals surface area contributed by atoms with E-state index in [0.717, 1.165) is 17.9 Å². The van der Waals surface area contributed by atoms with Crippen LogP contribution < -0.4 is 0 Å². The second-order valence-corrected chi connectivity index (χ2v) is 9.78. The maximum absolute atomic E-state index is 12.8. The van der Waals surface area contributed by atoms with Crippen molar-refractivity contribution in [2.24, 2.45) is 5.92 Å². The molecule has 1 N–H and O–H groups in total. The minimum absolute atomic E-state index is 0.154. The van der Waals surface area contributed by atoms with Crippen molar-refractivity contribution in [1.82, 2.24) is 4.90 Å². The normalized spacial score (nSPS) is 33.1. The number of morpholine rings is 1. The molecule has 3 aliphatic heterocycles. The first-order valence-corrected chi connectivity index (χ1v) is 11.9. The van der Waals surface area contributed by atoms with E-state index in [9.17, 15) is 14.7 Å². The fourth-order valence-electron chi connectivity index (χ4n) is 6.08. The van der Waals surface area contributed by atoms with E-state index in [1.807, 2.05) is 30.3 Å². The van der Waals surface area contributed by atoms with Crippen LogP contribution in [0.1, 0.15) is 62.8 Å². The number of nitrogens with zero attached hydrogens (tertiary/aromatic N) is 1. The monoisotopic (exact) mass is 427 g/mol. The van der Waals surface area contributed by atoms with Gasteiger partial charge in [-0.2, -0.15) is 0 Å². The van der Waals surface area contributed by atoms with Gasteiger partial charge in [0.15, 0.2) is 0 Å². The Bertz CT molecular complexity index is 774. The summed E-state index contributed by atoms with van der Waals surface area (Å²) < 4.78 is 11.7. The second-order valence-electron chi connectivity index (χ2n) is 9.78. The largest absolute Gasteiger partial charge is 0.462 e. The lowest BCUT2D eigenvalue weighted by Gasteiger charge is -2.40. The van der Waals surface area contributed by atoms with E-state index in [2.05, 4.69) is 4.90 Å². The number of ether oxygens (including phenoxy) is 2.